The van der Waals surface area contributed by atoms with E-state index >= 15 is 0 Å². The SMILES string of the molecule is CCC1CCC(N(C)CC2CCCCN2)C1. The standard InChI is InChI=1S/C14H28N2/c1-3-12-7-8-14(10-12)16(2)11-13-6-4-5-9-15-13/h12-15H,3-11H2,1-2H3. The molecule has 1 aliphatic carbocycles. The second kappa shape index (κ2) is 6.02. The van der Waals surface area contributed by atoms with Crippen LogP contribution in [0, 0.1) is 5.92 Å². The molecule has 0 bridgehead atoms. The molecule has 0 aromatic heterocycles. The highest BCUT2D eigenvalue weighted by atomic mass is 15.2. The summed E-state index contributed by atoms with van der Waals surface area (Å²) in [5, 5.41) is 3.66. The lowest BCUT2D eigenvalue weighted by Gasteiger charge is -2.31. The van der Waals surface area contributed by atoms with Gasteiger partial charge in [-0.2, -0.15) is 0 Å². The molecule has 3 atom stereocenters. The van der Waals surface area contributed by atoms with Crippen LogP contribution in [0.15, 0.2) is 0 Å². The molecule has 2 nitrogen and oxygen atoms in total. The van der Waals surface area contributed by atoms with Gasteiger partial charge in [-0.1, -0.05) is 19.8 Å². The second-order valence-corrected chi connectivity index (χ2v) is 5.83. The van der Waals surface area contributed by atoms with E-state index in [1.165, 1.54) is 58.0 Å². The van der Waals surface area contributed by atoms with Gasteiger partial charge in [-0.15, -0.1) is 0 Å². The Morgan fingerprint density at radius 1 is 1.19 bits per heavy atom. The molecule has 2 fully saturated rings. The van der Waals surface area contributed by atoms with Crippen LogP contribution in [0.5, 0.6) is 0 Å². The summed E-state index contributed by atoms with van der Waals surface area (Å²) in [6.45, 7) is 4.84. The van der Waals surface area contributed by atoms with Crippen molar-refractivity contribution in [3.05, 3.63) is 0 Å². The van der Waals surface area contributed by atoms with Gasteiger partial charge in [0, 0.05) is 18.6 Å². The van der Waals surface area contributed by atoms with E-state index in [-0.39, 0.29) is 0 Å². The lowest BCUT2D eigenvalue weighted by Crippen LogP contribution is -2.45. The smallest absolute Gasteiger partial charge is 0.0195 e. The van der Waals surface area contributed by atoms with Crippen molar-refractivity contribution in [3.8, 4) is 0 Å². The highest BCUT2D eigenvalue weighted by Crippen LogP contribution is 2.31. The molecule has 0 aromatic carbocycles. The third-order valence-corrected chi connectivity index (χ3v) is 4.63. The van der Waals surface area contributed by atoms with E-state index in [9.17, 15) is 0 Å². The Morgan fingerprint density at radius 3 is 2.69 bits per heavy atom. The molecule has 0 aromatic rings. The minimum absolute atomic E-state index is 0.763. The molecule has 0 radical (unpaired) electrons. The third kappa shape index (κ3) is 3.21. The van der Waals surface area contributed by atoms with Crippen LogP contribution in [0.2, 0.25) is 0 Å². The van der Waals surface area contributed by atoms with Gasteiger partial charge in [-0.05, 0) is 51.6 Å². The molecular formula is C14H28N2. The molecule has 0 spiro atoms. The van der Waals surface area contributed by atoms with Gasteiger partial charge in [0.1, 0.15) is 0 Å². The molecule has 94 valence electrons. The first-order chi connectivity index (χ1) is 7.79. The first-order valence-electron chi connectivity index (χ1n) is 7.23. The summed E-state index contributed by atoms with van der Waals surface area (Å²) in [5.74, 6) is 1.01. The normalized spacial score (nSPS) is 35.8. The molecule has 16 heavy (non-hydrogen) atoms. The van der Waals surface area contributed by atoms with E-state index in [4.69, 9.17) is 0 Å². The Bertz CT molecular complexity index is 199. The maximum atomic E-state index is 3.66. The zero-order chi connectivity index (χ0) is 11.4. The minimum atomic E-state index is 0.763. The van der Waals surface area contributed by atoms with E-state index in [0.29, 0.717) is 0 Å². The van der Waals surface area contributed by atoms with E-state index in [0.717, 1.165) is 18.0 Å². The van der Waals surface area contributed by atoms with E-state index < -0.39 is 0 Å². The maximum absolute atomic E-state index is 3.66. The largest absolute Gasteiger partial charge is 0.313 e. The van der Waals surface area contributed by atoms with Gasteiger partial charge in [0.2, 0.25) is 0 Å². The predicted octanol–water partition coefficient (Wildman–Crippen LogP) is 2.64. The zero-order valence-electron chi connectivity index (χ0n) is 11.0. The second-order valence-electron chi connectivity index (χ2n) is 5.83. The average Bonchev–Trinajstić information content (AvgIpc) is 2.79. The van der Waals surface area contributed by atoms with Crippen LogP contribution in [-0.2, 0) is 0 Å². The van der Waals surface area contributed by atoms with Crippen molar-refractivity contribution in [2.45, 2.75) is 64.0 Å². The van der Waals surface area contributed by atoms with E-state index in [2.05, 4.69) is 24.2 Å². The quantitative estimate of drug-likeness (QED) is 0.790. The summed E-state index contributed by atoms with van der Waals surface area (Å²) < 4.78 is 0. The molecule has 0 amide bonds. The number of nitrogens with zero attached hydrogens (tertiary/aromatic N) is 1. The maximum Gasteiger partial charge on any atom is 0.0195 e. The predicted molar refractivity (Wildman–Crippen MR) is 69.7 cm³/mol. The molecule has 1 aliphatic heterocycles. The van der Waals surface area contributed by atoms with Gasteiger partial charge >= 0.3 is 0 Å². The van der Waals surface area contributed by atoms with Crippen molar-refractivity contribution in [1.82, 2.24) is 10.2 Å². The molecule has 2 aliphatic rings. The lowest BCUT2D eigenvalue weighted by atomic mass is 10.0. The molecule has 1 saturated heterocycles. The molecule has 3 unspecified atom stereocenters. The number of nitrogens with one attached hydrogen (secondary N) is 1. The Hall–Kier alpha value is -0.0800. The van der Waals surface area contributed by atoms with Crippen LogP contribution in [0.3, 0.4) is 0 Å². The lowest BCUT2D eigenvalue weighted by molar-refractivity contribution is 0.200. The van der Waals surface area contributed by atoms with Crippen molar-refractivity contribution in [2.75, 3.05) is 20.1 Å². The highest BCUT2D eigenvalue weighted by molar-refractivity contribution is 4.84. The van der Waals surface area contributed by atoms with Crippen LogP contribution >= 0.6 is 0 Å². The summed E-state index contributed by atoms with van der Waals surface area (Å²) in [7, 11) is 2.33. The van der Waals surface area contributed by atoms with Gasteiger partial charge in [-0.25, -0.2) is 0 Å². The van der Waals surface area contributed by atoms with Gasteiger partial charge in [0.25, 0.3) is 0 Å². The van der Waals surface area contributed by atoms with Crippen LogP contribution in [-0.4, -0.2) is 37.1 Å². The zero-order valence-corrected chi connectivity index (χ0v) is 11.0. The average molecular weight is 224 g/mol. The number of likely N-dealkylation sites (N-methyl/N-ethyl adjacent to an activating group) is 1. The van der Waals surface area contributed by atoms with E-state index in [1.807, 2.05) is 0 Å². The van der Waals surface area contributed by atoms with Gasteiger partial charge < -0.3 is 10.2 Å². The summed E-state index contributed by atoms with van der Waals surface area (Å²) in [6.07, 6.45) is 9.90. The Morgan fingerprint density at radius 2 is 2.06 bits per heavy atom. The number of piperidine rings is 1. The molecule has 2 heteroatoms. The summed E-state index contributed by atoms with van der Waals surface area (Å²) in [6, 6.07) is 1.63. The van der Waals surface area contributed by atoms with Crippen molar-refractivity contribution in [2.24, 2.45) is 5.92 Å². The van der Waals surface area contributed by atoms with Crippen LogP contribution in [0.4, 0.5) is 0 Å². The minimum Gasteiger partial charge on any atom is -0.313 e. The first-order valence-corrected chi connectivity index (χ1v) is 7.23. The van der Waals surface area contributed by atoms with Gasteiger partial charge in [0.05, 0.1) is 0 Å². The first kappa shape index (κ1) is 12.4. The van der Waals surface area contributed by atoms with Gasteiger partial charge in [0.15, 0.2) is 0 Å². The molecular weight excluding hydrogens is 196 g/mol. The van der Waals surface area contributed by atoms with Crippen molar-refractivity contribution >= 4 is 0 Å². The topological polar surface area (TPSA) is 15.3 Å². The fraction of sp³-hybridized carbons (Fsp3) is 1.00. The highest BCUT2D eigenvalue weighted by Gasteiger charge is 2.27. The monoisotopic (exact) mass is 224 g/mol. The molecule has 1 heterocycles. The van der Waals surface area contributed by atoms with Crippen LogP contribution in [0.25, 0.3) is 0 Å². The molecule has 1 saturated carbocycles. The summed E-state index contributed by atoms with van der Waals surface area (Å²) >= 11 is 0. The Labute approximate surface area is 101 Å². The molecule has 2 rings (SSSR count). The third-order valence-electron chi connectivity index (χ3n) is 4.63. The fourth-order valence-corrected chi connectivity index (χ4v) is 3.40. The van der Waals surface area contributed by atoms with Crippen LogP contribution < -0.4 is 5.32 Å². The summed E-state index contributed by atoms with van der Waals surface area (Å²) in [5.41, 5.74) is 0. The van der Waals surface area contributed by atoms with E-state index in [1.54, 1.807) is 0 Å². The van der Waals surface area contributed by atoms with Crippen molar-refractivity contribution in [3.63, 3.8) is 0 Å². The van der Waals surface area contributed by atoms with Crippen LogP contribution in [0.1, 0.15) is 51.9 Å². The number of hydrogen-bond acceptors (Lipinski definition) is 2. The van der Waals surface area contributed by atoms with Crippen molar-refractivity contribution < 1.29 is 0 Å². The number of rotatable bonds is 4. The number of hydrogen-bond donors (Lipinski definition) is 1. The fourth-order valence-electron chi connectivity index (χ4n) is 3.40. The molecule has 1 N–H and O–H groups in total. The van der Waals surface area contributed by atoms with Gasteiger partial charge in [-0.3, -0.25) is 0 Å². The Kier molecular flexibility index (Phi) is 4.66. The van der Waals surface area contributed by atoms with Crippen molar-refractivity contribution in [1.29, 1.82) is 0 Å². The summed E-state index contributed by atoms with van der Waals surface area (Å²) in [4.78, 5) is 2.62. The Balaban J connectivity index is 1.72.